The van der Waals surface area contributed by atoms with Gasteiger partial charge in [0, 0.05) is 22.8 Å². The van der Waals surface area contributed by atoms with Gasteiger partial charge in [0.25, 0.3) is 0 Å². The molecule has 2 nitrogen and oxygen atoms in total. The minimum Gasteiger partial charge on any atom is -0.330 e. The first-order valence-electron chi connectivity index (χ1n) is 18.7. The van der Waals surface area contributed by atoms with Gasteiger partial charge in [-0.3, -0.25) is 0 Å². The number of hydrogen-bond acceptors (Lipinski definition) is 2. The number of allylic oxidation sites excluding steroid dienone is 4. The molecular weight excluding hydrogens is 653 g/mol. The number of hydrogen-bond donors (Lipinski definition) is 0. The number of anilines is 2. The van der Waals surface area contributed by atoms with Crippen LogP contribution >= 0.6 is 0 Å². The average Bonchev–Trinajstić information content (AvgIpc) is 3.27. The maximum absolute atomic E-state index is 2.47. The topological polar surface area (TPSA) is 6.48 Å². The molecule has 7 aromatic carbocycles. The van der Waals surface area contributed by atoms with Crippen molar-refractivity contribution in [3.63, 3.8) is 0 Å². The summed E-state index contributed by atoms with van der Waals surface area (Å²) >= 11 is 0. The molecule has 0 fully saturated rings. The van der Waals surface area contributed by atoms with Crippen LogP contribution in [0, 0.1) is 0 Å². The summed E-state index contributed by atoms with van der Waals surface area (Å²) in [4.78, 5) is 4.93. The number of benzene rings is 7. The first kappa shape index (κ1) is 33.0. The van der Waals surface area contributed by atoms with E-state index in [-0.39, 0.29) is 12.1 Å². The molecule has 0 radical (unpaired) electrons. The largest absolute Gasteiger partial charge is 0.330 e. The van der Waals surface area contributed by atoms with Crippen molar-refractivity contribution in [1.29, 1.82) is 0 Å². The van der Waals surface area contributed by atoms with Crippen LogP contribution in [0.15, 0.2) is 231 Å². The Bertz CT molecular complexity index is 2270. The van der Waals surface area contributed by atoms with Crippen LogP contribution in [0.3, 0.4) is 0 Å². The van der Waals surface area contributed by atoms with Crippen molar-refractivity contribution < 1.29 is 0 Å². The van der Waals surface area contributed by atoms with E-state index in [4.69, 9.17) is 0 Å². The van der Waals surface area contributed by atoms with Gasteiger partial charge in [-0.2, -0.15) is 0 Å². The molecule has 2 heterocycles. The zero-order chi connectivity index (χ0) is 36.1. The Kier molecular flexibility index (Phi) is 9.15. The number of para-hydroxylation sites is 2. The van der Waals surface area contributed by atoms with E-state index in [9.17, 15) is 0 Å². The Balaban J connectivity index is 1.15. The van der Waals surface area contributed by atoms with Gasteiger partial charge in [0.2, 0.25) is 0 Å². The van der Waals surface area contributed by atoms with E-state index in [1.54, 1.807) is 0 Å². The first-order valence-corrected chi connectivity index (χ1v) is 18.7. The third-order valence-electron chi connectivity index (χ3n) is 10.4. The van der Waals surface area contributed by atoms with Crippen LogP contribution in [0.4, 0.5) is 11.4 Å². The third-order valence-corrected chi connectivity index (χ3v) is 10.4. The first-order chi connectivity index (χ1) is 26.8. The van der Waals surface area contributed by atoms with Crippen LogP contribution in [0.1, 0.15) is 45.5 Å². The number of rotatable bonds is 8. The van der Waals surface area contributed by atoms with Crippen LogP contribution in [0.2, 0.25) is 0 Å². The minimum atomic E-state index is 0.0106. The van der Waals surface area contributed by atoms with Crippen molar-refractivity contribution in [2.24, 2.45) is 0 Å². The van der Waals surface area contributed by atoms with E-state index < -0.39 is 0 Å². The maximum Gasteiger partial charge on any atom is 0.0784 e. The average molecular weight is 693 g/mol. The highest BCUT2D eigenvalue weighted by Crippen LogP contribution is 2.45. The van der Waals surface area contributed by atoms with Crippen molar-refractivity contribution in [3.05, 3.63) is 264 Å². The van der Waals surface area contributed by atoms with Gasteiger partial charge in [-0.15, -0.1) is 0 Å². The third kappa shape index (κ3) is 6.62. The van der Waals surface area contributed by atoms with Gasteiger partial charge in [-0.25, -0.2) is 0 Å². The van der Waals surface area contributed by atoms with Gasteiger partial charge in [-0.1, -0.05) is 182 Å². The van der Waals surface area contributed by atoms with Gasteiger partial charge in [0.05, 0.1) is 12.1 Å². The standard InChI is InChI=1S/C52H40N2/c1-7-19-41(20-8-1)49-35-45(36-50(42-21-9-2-10-22-42)53(49)47-27-15-5-16-28-47)39-31-33-40(34-32-39)46-37-51(43-23-11-3-12-24-43)54(48-29-17-6-18-30-48)52(38-46)44-25-13-4-14-26-44/h1-38,49,51H. The van der Waals surface area contributed by atoms with E-state index in [0.29, 0.717) is 0 Å². The zero-order valence-electron chi connectivity index (χ0n) is 30.0. The van der Waals surface area contributed by atoms with Crippen molar-refractivity contribution in [2.45, 2.75) is 12.1 Å². The van der Waals surface area contributed by atoms with Gasteiger partial charge in [0.15, 0.2) is 0 Å². The molecule has 7 aromatic rings. The fraction of sp³-hybridized carbons (Fsp3) is 0.0385. The Labute approximate surface area is 318 Å². The van der Waals surface area contributed by atoms with E-state index in [0.717, 1.165) is 11.4 Å². The summed E-state index contributed by atoms with van der Waals surface area (Å²) in [5, 5.41) is 0. The Morgan fingerprint density at radius 3 is 0.907 bits per heavy atom. The van der Waals surface area contributed by atoms with Crippen LogP contribution < -0.4 is 9.80 Å². The quantitative estimate of drug-likeness (QED) is 0.156. The maximum atomic E-state index is 2.47. The summed E-state index contributed by atoms with van der Waals surface area (Å²) < 4.78 is 0. The van der Waals surface area contributed by atoms with E-state index in [1.807, 2.05) is 0 Å². The fourth-order valence-electron chi connectivity index (χ4n) is 7.76. The summed E-state index contributed by atoms with van der Waals surface area (Å²) in [5.74, 6) is 0. The second-order valence-corrected chi connectivity index (χ2v) is 13.7. The molecular formula is C52H40N2. The molecule has 2 unspecified atom stereocenters. The van der Waals surface area contributed by atoms with Crippen molar-refractivity contribution in [2.75, 3.05) is 9.80 Å². The second-order valence-electron chi connectivity index (χ2n) is 13.7. The normalized spacial score (nSPS) is 16.9. The Hall–Kier alpha value is -6.90. The molecule has 54 heavy (non-hydrogen) atoms. The summed E-state index contributed by atoms with van der Waals surface area (Å²) in [5.41, 5.74) is 14.3. The van der Waals surface area contributed by atoms with Crippen LogP contribution in [0.25, 0.3) is 22.5 Å². The van der Waals surface area contributed by atoms with Gasteiger partial charge >= 0.3 is 0 Å². The summed E-state index contributed by atoms with van der Waals surface area (Å²) in [6.07, 6.45) is 9.54. The van der Waals surface area contributed by atoms with E-state index in [2.05, 4.69) is 240 Å². The van der Waals surface area contributed by atoms with Crippen molar-refractivity contribution in [1.82, 2.24) is 0 Å². The smallest absolute Gasteiger partial charge is 0.0784 e. The molecule has 0 aliphatic carbocycles. The Morgan fingerprint density at radius 2 is 0.574 bits per heavy atom. The summed E-state index contributed by atoms with van der Waals surface area (Å²) in [7, 11) is 0. The SMILES string of the molecule is C1=C(c2ccc(C3=CC(c4ccccc4)N(c4ccccc4)C(c4ccccc4)=C3)cc2)C=C(c2ccccc2)N(c2ccccc2)C1c1ccccc1. The predicted molar refractivity (Wildman–Crippen MR) is 227 cm³/mol. The highest BCUT2D eigenvalue weighted by Gasteiger charge is 2.30. The molecule has 2 aliphatic heterocycles. The molecule has 258 valence electrons. The van der Waals surface area contributed by atoms with Crippen molar-refractivity contribution in [3.8, 4) is 0 Å². The molecule has 0 bridgehead atoms. The van der Waals surface area contributed by atoms with Gasteiger partial charge < -0.3 is 9.80 Å². The monoisotopic (exact) mass is 692 g/mol. The fourth-order valence-corrected chi connectivity index (χ4v) is 7.76. The minimum absolute atomic E-state index is 0.0106. The Morgan fingerprint density at radius 1 is 0.278 bits per heavy atom. The molecule has 0 N–H and O–H groups in total. The van der Waals surface area contributed by atoms with Crippen LogP contribution in [-0.2, 0) is 0 Å². The molecule has 2 aliphatic rings. The lowest BCUT2D eigenvalue weighted by atomic mass is 9.88. The lowest BCUT2D eigenvalue weighted by molar-refractivity contribution is 0.851. The number of nitrogens with zero attached hydrogens (tertiary/aromatic N) is 2. The van der Waals surface area contributed by atoms with Gasteiger partial charge in [0.1, 0.15) is 0 Å². The molecule has 0 spiro atoms. The molecule has 0 saturated heterocycles. The molecule has 0 aromatic heterocycles. The molecule has 2 atom stereocenters. The molecule has 0 amide bonds. The van der Waals surface area contributed by atoms with Crippen LogP contribution in [-0.4, -0.2) is 0 Å². The highest BCUT2D eigenvalue weighted by molar-refractivity contribution is 5.96. The van der Waals surface area contributed by atoms with Crippen LogP contribution in [0.5, 0.6) is 0 Å². The lowest BCUT2D eigenvalue weighted by Crippen LogP contribution is -2.28. The van der Waals surface area contributed by atoms with Gasteiger partial charge in [-0.05, 0) is 93.1 Å². The lowest BCUT2D eigenvalue weighted by Gasteiger charge is -2.38. The van der Waals surface area contributed by atoms with Crippen molar-refractivity contribution >= 4 is 33.9 Å². The highest BCUT2D eigenvalue weighted by atomic mass is 15.2. The summed E-state index contributed by atoms with van der Waals surface area (Å²) in [6.45, 7) is 0. The predicted octanol–water partition coefficient (Wildman–Crippen LogP) is 13.1. The van der Waals surface area contributed by atoms with E-state index >= 15 is 0 Å². The molecule has 2 heteroatoms. The zero-order valence-corrected chi connectivity index (χ0v) is 30.0. The molecule has 0 saturated carbocycles. The second kappa shape index (κ2) is 15.0. The molecule has 9 rings (SSSR count). The van der Waals surface area contributed by atoms with E-state index in [1.165, 1.54) is 55.9 Å². The summed E-state index contributed by atoms with van der Waals surface area (Å²) in [6, 6.07) is 73.9.